The number of hydrogen-bond donors (Lipinski definition) is 1. The van der Waals surface area contributed by atoms with Gasteiger partial charge in [0.05, 0.1) is 18.5 Å². The van der Waals surface area contributed by atoms with Crippen LogP contribution in [0.4, 0.5) is 0 Å². The lowest BCUT2D eigenvalue weighted by Crippen LogP contribution is -2.23. The van der Waals surface area contributed by atoms with Gasteiger partial charge in [-0.15, -0.1) is 0 Å². The number of carbonyl (C=O) groups excluding carboxylic acids is 1. The van der Waals surface area contributed by atoms with Gasteiger partial charge in [0.1, 0.15) is 0 Å². The molecule has 0 fully saturated rings. The molecule has 1 heterocycles. The van der Waals surface area contributed by atoms with Gasteiger partial charge in [-0.2, -0.15) is 0 Å². The van der Waals surface area contributed by atoms with Crippen molar-refractivity contribution in [2.45, 2.75) is 12.8 Å². The summed E-state index contributed by atoms with van der Waals surface area (Å²) >= 11 is 0. The largest absolute Gasteiger partial charge is 0.469 e. The van der Waals surface area contributed by atoms with Crippen molar-refractivity contribution in [1.82, 2.24) is 4.98 Å². The van der Waals surface area contributed by atoms with Gasteiger partial charge < -0.3 is 10.5 Å². The smallest absolute Gasteiger partial charge is 0.314 e. The van der Waals surface area contributed by atoms with E-state index in [4.69, 9.17) is 10.5 Å². The molecule has 2 aromatic rings. The van der Waals surface area contributed by atoms with E-state index in [1.807, 2.05) is 37.3 Å². The van der Waals surface area contributed by atoms with Crippen LogP contribution in [0.5, 0.6) is 0 Å². The quantitative estimate of drug-likeness (QED) is 0.835. The molecule has 4 nitrogen and oxygen atoms in total. The molecule has 0 aliphatic heterocycles. The lowest BCUT2D eigenvalue weighted by atomic mass is 9.95. The van der Waals surface area contributed by atoms with Crippen LogP contribution in [0.1, 0.15) is 17.2 Å². The van der Waals surface area contributed by atoms with E-state index in [0.717, 1.165) is 22.2 Å². The number of hydrogen-bond acceptors (Lipinski definition) is 4. The molecule has 1 aromatic carbocycles. The second kappa shape index (κ2) is 5.14. The standard InChI is InChI=1S/C14H16N2O2/c1-9-7-11(12(8-15)14(17)18-2)10-5-3-4-6-13(10)16-9/h3-7,12H,8,15H2,1-2H3. The fourth-order valence-corrected chi connectivity index (χ4v) is 2.12. The number of ether oxygens (including phenoxy) is 1. The fourth-order valence-electron chi connectivity index (χ4n) is 2.12. The van der Waals surface area contributed by atoms with Crippen molar-refractivity contribution in [3.8, 4) is 0 Å². The molecule has 2 rings (SSSR count). The van der Waals surface area contributed by atoms with Crippen LogP contribution in [0.15, 0.2) is 30.3 Å². The predicted molar refractivity (Wildman–Crippen MR) is 70.3 cm³/mol. The van der Waals surface area contributed by atoms with Crippen LogP contribution in [-0.4, -0.2) is 24.6 Å². The summed E-state index contributed by atoms with van der Waals surface area (Å²) in [7, 11) is 1.38. The number of benzene rings is 1. The van der Waals surface area contributed by atoms with Crippen LogP contribution in [0, 0.1) is 6.92 Å². The molecule has 0 radical (unpaired) electrons. The highest BCUT2D eigenvalue weighted by Crippen LogP contribution is 2.25. The van der Waals surface area contributed by atoms with E-state index < -0.39 is 5.92 Å². The molecule has 2 N–H and O–H groups in total. The van der Waals surface area contributed by atoms with Gasteiger partial charge in [0.2, 0.25) is 0 Å². The molecule has 0 saturated heterocycles. The van der Waals surface area contributed by atoms with E-state index >= 15 is 0 Å². The summed E-state index contributed by atoms with van der Waals surface area (Å²) in [6.45, 7) is 2.13. The summed E-state index contributed by atoms with van der Waals surface area (Å²) in [5, 5.41) is 0.948. The van der Waals surface area contributed by atoms with E-state index in [-0.39, 0.29) is 12.5 Å². The number of methoxy groups -OCH3 is 1. The highest BCUT2D eigenvalue weighted by molar-refractivity contribution is 5.89. The van der Waals surface area contributed by atoms with Crippen molar-refractivity contribution < 1.29 is 9.53 Å². The summed E-state index contributed by atoms with van der Waals surface area (Å²) in [5.41, 5.74) is 8.32. The second-order valence-electron chi connectivity index (χ2n) is 4.18. The zero-order chi connectivity index (χ0) is 13.1. The average Bonchev–Trinajstić information content (AvgIpc) is 2.39. The van der Waals surface area contributed by atoms with Gasteiger partial charge in [-0.05, 0) is 24.6 Å². The summed E-state index contributed by atoms with van der Waals surface area (Å²) in [6.07, 6.45) is 0. The molecule has 0 aliphatic carbocycles. The average molecular weight is 244 g/mol. The monoisotopic (exact) mass is 244 g/mol. The number of aromatic nitrogens is 1. The first-order valence-electron chi connectivity index (χ1n) is 5.81. The lowest BCUT2D eigenvalue weighted by molar-refractivity contribution is -0.142. The first-order valence-corrected chi connectivity index (χ1v) is 5.81. The molecular formula is C14H16N2O2. The van der Waals surface area contributed by atoms with Crippen LogP contribution in [0.3, 0.4) is 0 Å². The Bertz CT molecular complexity index is 581. The Hall–Kier alpha value is -1.94. The van der Waals surface area contributed by atoms with Gasteiger partial charge >= 0.3 is 5.97 Å². The zero-order valence-corrected chi connectivity index (χ0v) is 10.5. The third kappa shape index (κ3) is 2.19. The highest BCUT2D eigenvalue weighted by Gasteiger charge is 2.22. The Morgan fingerprint density at radius 3 is 2.83 bits per heavy atom. The first kappa shape index (κ1) is 12.5. The number of para-hydroxylation sites is 1. The Labute approximate surface area is 106 Å². The van der Waals surface area contributed by atoms with E-state index in [1.54, 1.807) is 0 Å². The maximum atomic E-state index is 11.8. The molecule has 18 heavy (non-hydrogen) atoms. The van der Waals surface area contributed by atoms with E-state index in [0.29, 0.717) is 0 Å². The van der Waals surface area contributed by atoms with Gasteiger partial charge in [-0.25, -0.2) is 0 Å². The normalized spacial score (nSPS) is 12.4. The van der Waals surface area contributed by atoms with Crippen LogP contribution >= 0.6 is 0 Å². The first-order chi connectivity index (χ1) is 8.67. The van der Waals surface area contributed by atoms with Crippen molar-refractivity contribution >= 4 is 16.9 Å². The highest BCUT2D eigenvalue weighted by atomic mass is 16.5. The van der Waals surface area contributed by atoms with E-state index in [1.165, 1.54) is 7.11 Å². The maximum Gasteiger partial charge on any atom is 0.314 e. The molecule has 0 bridgehead atoms. The predicted octanol–water partition coefficient (Wildman–Crippen LogP) is 1.76. The van der Waals surface area contributed by atoms with Crippen LogP contribution in [0.2, 0.25) is 0 Å². The molecule has 4 heteroatoms. The summed E-state index contributed by atoms with van der Waals surface area (Å²) in [5.74, 6) is -0.755. The molecular weight excluding hydrogens is 228 g/mol. The molecule has 0 spiro atoms. The van der Waals surface area contributed by atoms with Crippen LogP contribution in [0.25, 0.3) is 10.9 Å². The molecule has 1 unspecified atom stereocenters. The number of nitrogens with two attached hydrogens (primary N) is 1. The van der Waals surface area contributed by atoms with Crippen molar-refractivity contribution in [2.24, 2.45) is 5.73 Å². The van der Waals surface area contributed by atoms with Gasteiger partial charge in [0.15, 0.2) is 0 Å². The Kier molecular flexibility index (Phi) is 3.58. The summed E-state index contributed by atoms with van der Waals surface area (Å²) in [6, 6.07) is 9.62. The third-order valence-corrected chi connectivity index (χ3v) is 2.97. The minimum atomic E-state index is -0.443. The van der Waals surface area contributed by atoms with Crippen molar-refractivity contribution in [2.75, 3.05) is 13.7 Å². The molecule has 0 aliphatic rings. The lowest BCUT2D eigenvalue weighted by Gasteiger charge is -2.15. The van der Waals surface area contributed by atoms with E-state index in [9.17, 15) is 4.79 Å². The van der Waals surface area contributed by atoms with Crippen molar-refractivity contribution in [3.05, 3.63) is 41.6 Å². The number of aryl methyl sites for hydroxylation is 1. The molecule has 1 aromatic heterocycles. The van der Waals surface area contributed by atoms with Crippen molar-refractivity contribution in [1.29, 1.82) is 0 Å². The number of rotatable bonds is 3. The summed E-state index contributed by atoms with van der Waals surface area (Å²) < 4.78 is 4.81. The minimum Gasteiger partial charge on any atom is -0.469 e. The topological polar surface area (TPSA) is 65.2 Å². The number of carbonyl (C=O) groups is 1. The number of nitrogens with zero attached hydrogens (tertiary/aromatic N) is 1. The maximum absolute atomic E-state index is 11.8. The third-order valence-electron chi connectivity index (χ3n) is 2.97. The number of fused-ring (bicyclic) bond motifs is 1. The van der Waals surface area contributed by atoms with Gasteiger partial charge in [0, 0.05) is 17.6 Å². The minimum absolute atomic E-state index is 0.222. The van der Waals surface area contributed by atoms with Gasteiger partial charge in [0.25, 0.3) is 0 Å². The van der Waals surface area contributed by atoms with Gasteiger partial charge in [-0.3, -0.25) is 9.78 Å². The Balaban J connectivity index is 2.64. The number of pyridine rings is 1. The van der Waals surface area contributed by atoms with E-state index in [2.05, 4.69) is 4.98 Å². The van der Waals surface area contributed by atoms with Crippen LogP contribution < -0.4 is 5.73 Å². The molecule has 1 atom stereocenters. The Morgan fingerprint density at radius 1 is 1.44 bits per heavy atom. The fraction of sp³-hybridized carbons (Fsp3) is 0.286. The van der Waals surface area contributed by atoms with Gasteiger partial charge in [-0.1, -0.05) is 18.2 Å². The van der Waals surface area contributed by atoms with Crippen molar-refractivity contribution in [3.63, 3.8) is 0 Å². The second-order valence-corrected chi connectivity index (χ2v) is 4.18. The SMILES string of the molecule is COC(=O)C(CN)c1cc(C)nc2ccccc12. The van der Waals surface area contributed by atoms with Crippen LogP contribution in [-0.2, 0) is 9.53 Å². The molecule has 94 valence electrons. The molecule has 0 saturated carbocycles. The zero-order valence-electron chi connectivity index (χ0n) is 10.5. The molecule has 0 amide bonds. The summed E-state index contributed by atoms with van der Waals surface area (Å²) in [4.78, 5) is 16.2. The number of esters is 1. The Morgan fingerprint density at radius 2 is 2.17 bits per heavy atom.